The van der Waals surface area contributed by atoms with E-state index in [1.165, 1.54) is 270 Å². The first-order valence-corrected chi connectivity index (χ1v) is 31.5. The second kappa shape index (κ2) is 59.2. The van der Waals surface area contributed by atoms with Crippen LogP contribution in [0.3, 0.4) is 0 Å². The number of aliphatic hydroxyl groups excluding tert-OH is 2. The summed E-state index contributed by atoms with van der Waals surface area (Å²) < 4.78 is 5.48. The van der Waals surface area contributed by atoms with E-state index in [9.17, 15) is 19.8 Å². The van der Waals surface area contributed by atoms with Gasteiger partial charge in [-0.2, -0.15) is 0 Å². The molecule has 2 atom stereocenters. The standard InChI is InChI=1S/C63H123NO5/c1-3-5-7-9-11-13-15-17-19-21-23-24-25-26-27-29-30-32-34-36-39-43-47-51-55-61(66)60(59-65)64-62(67)56-52-48-44-40-38-42-46-50-54-58-69-63(68)57-53-49-45-41-37-35-33-31-28-22-20-18-16-14-12-10-8-6-4-2/h51,55,60-61,65-66H,3-50,52-54,56-59H2,1-2H3,(H,64,67)/b55-51+. The lowest BCUT2D eigenvalue weighted by atomic mass is 10.0. The average molecular weight is 975 g/mol. The van der Waals surface area contributed by atoms with Gasteiger partial charge in [0.05, 0.1) is 25.4 Å². The van der Waals surface area contributed by atoms with E-state index in [0.717, 1.165) is 57.8 Å². The summed E-state index contributed by atoms with van der Waals surface area (Å²) >= 11 is 0. The zero-order valence-corrected chi connectivity index (χ0v) is 46.8. The lowest BCUT2D eigenvalue weighted by Crippen LogP contribution is -2.45. The topological polar surface area (TPSA) is 95.9 Å². The van der Waals surface area contributed by atoms with E-state index in [2.05, 4.69) is 19.2 Å². The molecule has 0 aliphatic heterocycles. The predicted octanol–water partition coefficient (Wildman–Crippen LogP) is 19.6. The molecule has 3 N–H and O–H groups in total. The van der Waals surface area contributed by atoms with Gasteiger partial charge in [-0.15, -0.1) is 0 Å². The van der Waals surface area contributed by atoms with Gasteiger partial charge < -0.3 is 20.3 Å². The zero-order chi connectivity index (χ0) is 50.0. The molecule has 0 aromatic rings. The quantitative estimate of drug-likeness (QED) is 0.0321. The van der Waals surface area contributed by atoms with Crippen LogP contribution in [-0.2, 0) is 14.3 Å². The molecular formula is C63H123NO5. The van der Waals surface area contributed by atoms with Crippen LogP contribution < -0.4 is 5.32 Å². The van der Waals surface area contributed by atoms with Crippen LogP contribution in [0.15, 0.2) is 12.2 Å². The van der Waals surface area contributed by atoms with Crippen LogP contribution in [0.5, 0.6) is 0 Å². The number of nitrogens with one attached hydrogen (secondary N) is 1. The first-order valence-electron chi connectivity index (χ1n) is 31.5. The lowest BCUT2D eigenvalue weighted by molar-refractivity contribution is -0.143. The molecule has 0 saturated heterocycles. The summed E-state index contributed by atoms with van der Waals surface area (Å²) in [5.41, 5.74) is 0. The van der Waals surface area contributed by atoms with Crippen LogP contribution in [0.1, 0.15) is 354 Å². The minimum atomic E-state index is -0.862. The predicted molar refractivity (Wildman–Crippen MR) is 301 cm³/mol. The Morgan fingerprint density at radius 1 is 0.391 bits per heavy atom. The lowest BCUT2D eigenvalue weighted by Gasteiger charge is -2.20. The molecule has 2 unspecified atom stereocenters. The normalized spacial score (nSPS) is 12.6. The summed E-state index contributed by atoms with van der Waals surface area (Å²) in [5.74, 6) is -0.112. The van der Waals surface area contributed by atoms with E-state index in [4.69, 9.17) is 4.74 Å². The van der Waals surface area contributed by atoms with Crippen LogP contribution in [0.25, 0.3) is 0 Å². The number of unbranched alkanes of at least 4 members (excludes halogenated alkanes) is 48. The number of aliphatic hydroxyl groups is 2. The second-order valence-corrected chi connectivity index (χ2v) is 21.8. The van der Waals surface area contributed by atoms with Gasteiger partial charge in [0.2, 0.25) is 5.91 Å². The highest BCUT2D eigenvalue weighted by atomic mass is 16.5. The highest BCUT2D eigenvalue weighted by Gasteiger charge is 2.18. The molecule has 6 heteroatoms. The van der Waals surface area contributed by atoms with Crippen molar-refractivity contribution in [3.8, 4) is 0 Å². The van der Waals surface area contributed by atoms with E-state index < -0.39 is 12.1 Å². The summed E-state index contributed by atoms with van der Waals surface area (Å²) in [5, 5.41) is 23.2. The fraction of sp³-hybridized carbons (Fsp3) is 0.937. The van der Waals surface area contributed by atoms with Crippen molar-refractivity contribution in [3.05, 3.63) is 12.2 Å². The number of rotatable bonds is 59. The Bertz CT molecular complexity index is 1030. The Balaban J connectivity index is 3.47. The van der Waals surface area contributed by atoms with Crippen LogP contribution >= 0.6 is 0 Å². The van der Waals surface area contributed by atoms with Crippen LogP contribution in [0.4, 0.5) is 0 Å². The Kier molecular flexibility index (Phi) is 58.0. The van der Waals surface area contributed by atoms with Gasteiger partial charge in [0, 0.05) is 12.8 Å². The molecule has 0 aromatic carbocycles. The summed E-state index contributed by atoms with van der Waals surface area (Å²) in [6, 6.07) is -0.648. The second-order valence-electron chi connectivity index (χ2n) is 21.8. The molecule has 410 valence electrons. The van der Waals surface area contributed by atoms with Gasteiger partial charge in [-0.1, -0.05) is 321 Å². The van der Waals surface area contributed by atoms with Crippen molar-refractivity contribution in [2.75, 3.05) is 13.2 Å². The van der Waals surface area contributed by atoms with Crippen LogP contribution in [0, 0.1) is 0 Å². The van der Waals surface area contributed by atoms with Crippen molar-refractivity contribution in [2.24, 2.45) is 0 Å². The highest BCUT2D eigenvalue weighted by Crippen LogP contribution is 2.18. The smallest absolute Gasteiger partial charge is 0.305 e. The largest absolute Gasteiger partial charge is 0.466 e. The Hall–Kier alpha value is -1.40. The zero-order valence-electron chi connectivity index (χ0n) is 46.8. The number of allylic oxidation sites excluding steroid dienone is 1. The monoisotopic (exact) mass is 974 g/mol. The van der Waals surface area contributed by atoms with E-state index in [-0.39, 0.29) is 18.5 Å². The molecule has 0 radical (unpaired) electrons. The molecule has 0 fully saturated rings. The summed E-state index contributed by atoms with van der Waals surface area (Å²) in [7, 11) is 0. The van der Waals surface area contributed by atoms with Gasteiger partial charge in [-0.3, -0.25) is 9.59 Å². The van der Waals surface area contributed by atoms with E-state index in [1.54, 1.807) is 6.08 Å². The molecule has 0 spiro atoms. The highest BCUT2D eigenvalue weighted by molar-refractivity contribution is 5.76. The maximum atomic E-state index is 12.5. The number of carbonyl (C=O) groups excluding carboxylic acids is 2. The molecule has 1 amide bonds. The molecule has 6 nitrogen and oxygen atoms in total. The minimum absolute atomic E-state index is 0.0211. The summed E-state index contributed by atoms with van der Waals surface area (Å²) in [6.45, 7) is 4.88. The number of ether oxygens (including phenoxy) is 1. The van der Waals surface area contributed by atoms with Crippen molar-refractivity contribution in [2.45, 2.75) is 366 Å². The fourth-order valence-electron chi connectivity index (χ4n) is 9.99. The van der Waals surface area contributed by atoms with Gasteiger partial charge in [0.25, 0.3) is 0 Å². The van der Waals surface area contributed by atoms with Gasteiger partial charge in [-0.05, 0) is 32.1 Å². The third-order valence-corrected chi connectivity index (χ3v) is 14.8. The number of hydrogen-bond acceptors (Lipinski definition) is 5. The average Bonchev–Trinajstić information content (AvgIpc) is 3.35. The number of hydrogen-bond donors (Lipinski definition) is 3. The van der Waals surface area contributed by atoms with Crippen molar-refractivity contribution < 1.29 is 24.5 Å². The molecule has 0 aliphatic rings. The summed E-state index contributed by atoms with van der Waals surface area (Å²) in [4.78, 5) is 24.6. The van der Waals surface area contributed by atoms with Crippen molar-refractivity contribution in [1.82, 2.24) is 5.32 Å². The van der Waals surface area contributed by atoms with Crippen molar-refractivity contribution >= 4 is 11.9 Å². The number of carbonyl (C=O) groups is 2. The first kappa shape index (κ1) is 67.6. The first-order chi connectivity index (χ1) is 34.0. The van der Waals surface area contributed by atoms with Crippen molar-refractivity contribution in [1.29, 1.82) is 0 Å². The Labute approximate surface area is 431 Å². The number of esters is 1. The minimum Gasteiger partial charge on any atom is -0.466 e. The van der Waals surface area contributed by atoms with Gasteiger partial charge >= 0.3 is 5.97 Å². The molecule has 0 aliphatic carbocycles. The third kappa shape index (κ3) is 55.8. The fourth-order valence-corrected chi connectivity index (χ4v) is 9.99. The molecule has 0 aromatic heterocycles. The number of amides is 1. The van der Waals surface area contributed by atoms with E-state index in [0.29, 0.717) is 19.4 Å². The van der Waals surface area contributed by atoms with Crippen molar-refractivity contribution in [3.63, 3.8) is 0 Å². The van der Waals surface area contributed by atoms with E-state index in [1.807, 2.05) is 6.08 Å². The van der Waals surface area contributed by atoms with Crippen LogP contribution in [-0.4, -0.2) is 47.4 Å². The molecule has 0 heterocycles. The van der Waals surface area contributed by atoms with E-state index >= 15 is 0 Å². The molecular weight excluding hydrogens is 851 g/mol. The maximum Gasteiger partial charge on any atom is 0.305 e. The SMILES string of the molecule is CCCCCCCCCCCCCCCCCCCCCCCC/C=C/C(O)C(CO)NC(=O)CCCCCCCCCCCOC(=O)CCCCCCCCCCCCCCCCCCCCC. The molecule has 0 rings (SSSR count). The molecule has 0 saturated carbocycles. The van der Waals surface area contributed by atoms with Gasteiger partial charge in [-0.25, -0.2) is 0 Å². The Morgan fingerprint density at radius 3 is 0.986 bits per heavy atom. The molecule has 69 heavy (non-hydrogen) atoms. The van der Waals surface area contributed by atoms with Gasteiger partial charge in [0.15, 0.2) is 0 Å². The van der Waals surface area contributed by atoms with Gasteiger partial charge in [0.1, 0.15) is 0 Å². The summed E-state index contributed by atoms with van der Waals surface area (Å²) in [6.07, 6.45) is 71.1. The molecule has 0 bridgehead atoms. The Morgan fingerprint density at radius 2 is 0.667 bits per heavy atom. The maximum absolute atomic E-state index is 12.5. The van der Waals surface area contributed by atoms with Crippen LogP contribution in [0.2, 0.25) is 0 Å². The third-order valence-electron chi connectivity index (χ3n) is 14.8.